The monoisotopic (exact) mass is 305 g/mol. The molecule has 0 aliphatic heterocycles. The SMILES string of the molecule is CCNC(c1ccc(C(F)(F)F)cc1)C(OCC)OCC. The third-order valence-electron chi connectivity index (χ3n) is 2.96. The Morgan fingerprint density at radius 2 is 1.52 bits per heavy atom. The van der Waals surface area contributed by atoms with Crippen molar-refractivity contribution in [2.45, 2.75) is 39.3 Å². The molecule has 0 heterocycles. The van der Waals surface area contributed by atoms with Crippen LogP contribution in [0.5, 0.6) is 0 Å². The Kier molecular flexibility index (Phi) is 7.14. The third-order valence-corrected chi connectivity index (χ3v) is 2.96. The predicted molar refractivity (Wildman–Crippen MR) is 74.9 cm³/mol. The molecule has 0 radical (unpaired) electrons. The van der Waals surface area contributed by atoms with Crippen molar-refractivity contribution < 1.29 is 22.6 Å². The molecule has 0 saturated carbocycles. The van der Waals surface area contributed by atoms with E-state index in [1.807, 2.05) is 20.8 Å². The second kappa shape index (κ2) is 8.36. The van der Waals surface area contributed by atoms with Crippen LogP contribution < -0.4 is 5.32 Å². The lowest BCUT2D eigenvalue weighted by Crippen LogP contribution is -2.36. The average Bonchev–Trinajstić information content (AvgIpc) is 2.44. The van der Waals surface area contributed by atoms with Gasteiger partial charge in [-0.2, -0.15) is 13.2 Å². The Bertz CT molecular complexity index is 400. The fourth-order valence-electron chi connectivity index (χ4n) is 2.04. The summed E-state index contributed by atoms with van der Waals surface area (Å²) in [4.78, 5) is 0. The summed E-state index contributed by atoms with van der Waals surface area (Å²) in [5, 5.41) is 3.20. The van der Waals surface area contributed by atoms with E-state index in [-0.39, 0.29) is 6.04 Å². The van der Waals surface area contributed by atoms with Crippen molar-refractivity contribution >= 4 is 0 Å². The number of hydrogen-bond donors (Lipinski definition) is 1. The summed E-state index contributed by atoms with van der Waals surface area (Å²) in [5.41, 5.74) is 0.0441. The van der Waals surface area contributed by atoms with Gasteiger partial charge in [0.15, 0.2) is 6.29 Å². The number of alkyl halides is 3. The lowest BCUT2D eigenvalue weighted by Gasteiger charge is -2.28. The van der Waals surface area contributed by atoms with Gasteiger partial charge in [0.05, 0.1) is 11.6 Å². The number of halogens is 3. The third kappa shape index (κ3) is 5.30. The summed E-state index contributed by atoms with van der Waals surface area (Å²) in [6, 6.07) is 4.77. The lowest BCUT2D eigenvalue weighted by atomic mass is 10.0. The number of nitrogens with one attached hydrogen (secondary N) is 1. The Labute approximate surface area is 123 Å². The second-order valence-electron chi connectivity index (χ2n) is 4.43. The van der Waals surface area contributed by atoms with Crippen molar-refractivity contribution in [1.29, 1.82) is 0 Å². The van der Waals surface area contributed by atoms with E-state index in [1.165, 1.54) is 12.1 Å². The summed E-state index contributed by atoms with van der Waals surface area (Å²) in [5.74, 6) is 0. The molecule has 120 valence electrons. The van der Waals surface area contributed by atoms with E-state index in [1.54, 1.807) is 0 Å². The van der Waals surface area contributed by atoms with Gasteiger partial charge in [-0.3, -0.25) is 0 Å². The highest BCUT2D eigenvalue weighted by Crippen LogP contribution is 2.30. The fraction of sp³-hybridized carbons (Fsp3) is 0.600. The van der Waals surface area contributed by atoms with E-state index in [2.05, 4.69) is 5.32 Å². The summed E-state index contributed by atoms with van der Waals surface area (Å²) >= 11 is 0. The molecule has 0 spiro atoms. The van der Waals surface area contributed by atoms with Gasteiger partial charge < -0.3 is 14.8 Å². The van der Waals surface area contributed by atoms with Crippen molar-refractivity contribution in [1.82, 2.24) is 5.32 Å². The minimum Gasteiger partial charge on any atom is -0.351 e. The van der Waals surface area contributed by atoms with Gasteiger partial charge in [-0.25, -0.2) is 0 Å². The van der Waals surface area contributed by atoms with Crippen LogP contribution in [0.1, 0.15) is 37.9 Å². The van der Waals surface area contributed by atoms with Crippen LogP contribution in [0.3, 0.4) is 0 Å². The Hall–Kier alpha value is -1.11. The van der Waals surface area contributed by atoms with Crippen LogP contribution in [-0.2, 0) is 15.7 Å². The highest BCUT2D eigenvalue weighted by atomic mass is 19.4. The molecule has 0 bridgehead atoms. The van der Waals surface area contributed by atoms with Gasteiger partial charge in [-0.05, 0) is 38.1 Å². The Morgan fingerprint density at radius 1 is 1.00 bits per heavy atom. The molecule has 21 heavy (non-hydrogen) atoms. The number of rotatable bonds is 8. The van der Waals surface area contributed by atoms with Crippen LogP contribution >= 0.6 is 0 Å². The molecular formula is C15H22F3NO2. The molecule has 6 heteroatoms. The van der Waals surface area contributed by atoms with Crippen LogP contribution in [0.4, 0.5) is 13.2 Å². The quantitative estimate of drug-likeness (QED) is 0.742. The molecule has 1 unspecified atom stereocenters. The van der Waals surface area contributed by atoms with Gasteiger partial charge in [0, 0.05) is 13.2 Å². The van der Waals surface area contributed by atoms with Crippen LogP contribution in [0.15, 0.2) is 24.3 Å². The molecule has 3 nitrogen and oxygen atoms in total. The van der Waals surface area contributed by atoms with Crippen molar-refractivity contribution in [3.05, 3.63) is 35.4 Å². The number of likely N-dealkylation sites (N-methyl/N-ethyl adjacent to an activating group) is 1. The Balaban J connectivity index is 2.98. The van der Waals surface area contributed by atoms with Crippen LogP contribution in [0.25, 0.3) is 0 Å². The zero-order chi connectivity index (χ0) is 15.9. The molecule has 0 fully saturated rings. The van der Waals surface area contributed by atoms with Gasteiger partial charge in [0.25, 0.3) is 0 Å². The molecule has 1 rings (SSSR count). The van der Waals surface area contributed by atoms with Gasteiger partial charge in [0.1, 0.15) is 0 Å². The Morgan fingerprint density at radius 3 is 1.90 bits per heavy atom. The van der Waals surface area contributed by atoms with E-state index in [9.17, 15) is 13.2 Å². The first-order chi connectivity index (χ1) is 9.93. The molecule has 0 aliphatic rings. The van der Waals surface area contributed by atoms with Gasteiger partial charge in [0.2, 0.25) is 0 Å². The molecule has 1 atom stereocenters. The van der Waals surface area contributed by atoms with Crippen molar-refractivity contribution in [2.24, 2.45) is 0 Å². The maximum atomic E-state index is 12.6. The van der Waals surface area contributed by atoms with Crippen LogP contribution in [-0.4, -0.2) is 26.0 Å². The maximum absolute atomic E-state index is 12.6. The zero-order valence-electron chi connectivity index (χ0n) is 12.5. The summed E-state index contributed by atoms with van der Waals surface area (Å²) in [6.07, 6.45) is -4.86. The number of hydrogen-bond acceptors (Lipinski definition) is 3. The highest BCUT2D eigenvalue weighted by molar-refractivity contribution is 5.27. The molecular weight excluding hydrogens is 283 g/mol. The highest BCUT2D eigenvalue weighted by Gasteiger charge is 2.31. The molecule has 0 saturated heterocycles. The fourth-order valence-corrected chi connectivity index (χ4v) is 2.04. The van der Waals surface area contributed by atoms with Crippen LogP contribution in [0.2, 0.25) is 0 Å². The molecule has 1 aromatic rings. The first-order valence-electron chi connectivity index (χ1n) is 7.07. The smallest absolute Gasteiger partial charge is 0.351 e. The summed E-state index contributed by atoms with van der Waals surface area (Å²) < 4.78 is 48.9. The zero-order valence-corrected chi connectivity index (χ0v) is 12.5. The number of ether oxygens (including phenoxy) is 2. The largest absolute Gasteiger partial charge is 0.416 e. The minimum atomic E-state index is -4.33. The summed E-state index contributed by atoms with van der Waals surface area (Å²) in [7, 11) is 0. The van der Waals surface area contributed by atoms with Crippen molar-refractivity contribution in [2.75, 3.05) is 19.8 Å². The summed E-state index contributed by atoms with van der Waals surface area (Å²) in [6.45, 7) is 7.21. The standard InChI is InChI=1S/C15H22F3NO2/c1-4-19-13(14(20-5-2)21-6-3)11-7-9-12(10-8-11)15(16,17)18/h7-10,13-14,19H,4-6H2,1-3H3. The van der Waals surface area contributed by atoms with Crippen molar-refractivity contribution in [3.8, 4) is 0 Å². The first kappa shape index (κ1) is 17.9. The van der Waals surface area contributed by atoms with E-state index in [0.29, 0.717) is 25.3 Å². The number of benzene rings is 1. The normalized spacial score (nSPS) is 13.7. The van der Waals surface area contributed by atoms with Gasteiger partial charge in [-0.15, -0.1) is 0 Å². The minimum absolute atomic E-state index is 0.308. The van der Waals surface area contributed by atoms with Crippen LogP contribution in [0, 0.1) is 0 Å². The van der Waals surface area contributed by atoms with E-state index < -0.39 is 18.0 Å². The predicted octanol–water partition coefficient (Wildman–Crippen LogP) is 3.76. The second-order valence-corrected chi connectivity index (χ2v) is 4.43. The average molecular weight is 305 g/mol. The van der Waals surface area contributed by atoms with E-state index >= 15 is 0 Å². The first-order valence-corrected chi connectivity index (χ1v) is 7.07. The van der Waals surface area contributed by atoms with E-state index in [4.69, 9.17) is 9.47 Å². The molecule has 1 N–H and O–H groups in total. The molecule has 0 aromatic heterocycles. The topological polar surface area (TPSA) is 30.5 Å². The van der Waals surface area contributed by atoms with Crippen molar-refractivity contribution in [3.63, 3.8) is 0 Å². The van der Waals surface area contributed by atoms with Gasteiger partial charge in [-0.1, -0.05) is 19.1 Å². The molecule has 0 aliphatic carbocycles. The molecule has 1 aromatic carbocycles. The van der Waals surface area contributed by atoms with Gasteiger partial charge >= 0.3 is 6.18 Å². The molecule has 0 amide bonds. The maximum Gasteiger partial charge on any atom is 0.416 e. The van der Waals surface area contributed by atoms with E-state index in [0.717, 1.165) is 12.1 Å². The lowest BCUT2D eigenvalue weighted by molar-refractivity contribution is -0.155.